The van der Waals surface area contributed by atoms with Gasteiger partial charge in [0.1, 0.15) is 11.9 Å². The quantitative estimate of drug-likeness (QED) is 0.685. The number of para-hydroxylation sites is 2. The van der Waals surface area contributed by atoms with Crippen LogP contribution in [0.5, 0.6) is 5.75 Å². The molecular formula is C22H26N4O3. The highest BCUT2D eigenvalue weighted by molar-refractivity contribution is 5.83. The second-order valence-corrected chi connectivity index (χ2v) is 7.42. The summed E-state index contributed by atoms with van der Waals surface area (Å²) in [6, 6.07) is 11.3. The average Bonchev–Trinajstić information content (AvgIpc) is 2.72. The van der Waals surface area contributed by atoms with Crippen LogP contribution in [0.2, 0.25) is 0 Å². The van der Waals surface area contributed by atoms with Gasteiger partial charge in [0.05, 0.1) is 29.8 Å². The van der Waals surface area contributed by atoms with Crippen molar-refractivity contribution < 1.29 is 9.47 Å². The van der Waals surface area contributed by atoms with Gasteiger partial charge >= 0.3 is 0 Å². The molecule has 7 heteroatoms. The van der Waals surface area contributed by atoms with Crippen LogP contribution in [-0.2, 0) is 11.8 Å². The molecule has 0 bridgehead atoms. The number of ether oxygens (including phenoxy) is 2. The molecule has 7 nitrogen and oxygen atoms in total. The molecule has 2 aromatic carbocycles. The first-order valence-electron chi connectivity index (χ1n) is 9.81. The van der Waals surface area contributed by atoms with Crippen molar-refractivity contribution in [1.82, 2.24) is 9.55 Å². The van der Waals surface area contributed by atoms with Crippen LogP contribution in [0.1, 0.15) is 24.2 Å². The monoisotopic (exact) mass is 394 g/mol. The summed E-state index contributed by atoms with van der Waals surface area (Å²) in [7, 11) is 1.77. The number of aryl methyl sites for hydroxylation is 1. The summed E-state index contributed by atoms with van der Waals surface area (Å²) in [5.41, 5.74) is 9.09. The van der Waals surface area contributed by atoms with Crippen molar-refractivity contribution in [2.75, 3.05) is 36.9 Å². The summed E-state index contributed by atoms with van der Waals surface area (Å²) >= 11 is 0. The first-order chi connectivity index (χ1) is 14.0. The smallest absolute Gasteiger partial charge is 0.262 e. The fourth-order valence-electron chi connectivity index (χ4n) is 3.74. The molecule has 152 valence electrons. The number of nitrogens with zero attached hydrogens (tertiary/aromatic N) is 3. The molecule has 0 spiro atoms. The van der Waals surface area contributed by atoms with Gasteiger partial charge in [0.2, 0.25) is 5.95 Å². The molecule has 1 unspecified atom stereocenters. The molecule has 1 aromatic heterocycles. The summed E-state index contributed by atoms with van der Waals surface area (Å²) < 4.78 is 13.2. The highest BCUT2D eigenvalue weighted by atomic mass is 16.5. The minimum absolute atomic E-state index is 0.0622. The summed E-state index contributed by atoms with van der Waals surface area (Å²) in [4.78, 5) is 20.1. The van der Waals surface area contributed by atoms with Crippen molar-refractivity contribution in [3.63, 3.8) is 0 Å². The van der Waals surface area contributed by atoms with Gasteiger partial charge < -0.3 is 20.1 Å². The minimum Gasteiger partial charge on any atom is -0.484 e. The Balaban J connectivity index is 1.83. The minimum atomic E-state index is -0.320. The van der Waals surface area contributed by atoms with Crippen LogP contribution in [0.4, 0.5) is 11.6 Å². The molecule has 1 saturated heterocycles. The molecule has 1 atom stereocenters. The molecule has 1 aliphatic heterocycles. The number of hydrogen-bond acceptors (Lipinski definition) is 6. The highest BCUT2D eigenvalue weighted by Crippen LogP contribution is 2.31. The van der Waals surface area contributed by atoms with Crippen molar-refractivity contribution in [1.29, 1.82) is 0 Å². The predicted octanol–water partition coefficient (Wildman–Crippen LogP) is 2.80. The summed E-state index contributed by atoms with van der Waals surface area (Å²) in [5.74, 6) is 1.27. The third-order valence-corrected chi connectivity index (χ3v) is 5.29. The Morgan fingerprint density at radius 1 is 1.21 bits per heavy atom. The maximum absolute atomic E-state index is 13.1. The topological polar surface area (TPSA) is 82.6 Å². The van der Waals surface area contributed by atoms with Crippen molar-refractivity contribution in [3.05, 3.63) is 57.9 Å². The highest BCUT2D eigenvalue weighted by Gasteiger charge is 2.21. The van der Waals surface area contributed by atoms with Gasteiger partial charge in [-0.1, -0.05) is 18.2 Å². The number of anilines is 2. The lowest BCUT2D eigenvalue weighted by Gasteiger charge is -2.29. The van der Waals surface area contributed by atoms with E-state index in [2.05, 4.69) is 4.90 Å². The van der Waals surface area contributed by atoms with Gasteiger partial charge in [-0.15, -0.1) is 0 Å². The fraction of sp³-hybridized carbons (Fsp3) is 0.364. The first-order valence-corrected chi connectivity index (χ1v) is 9.81. The number of rotatable bonds is 4. The van der Waals surface area contributed by atoms with Crippen LogP contribution in [-0.4, -0.2) is 35.9 Å². The van der Waals surface area contributed by atoms with Crippen molar-refractivity contribution >= 4 is 22.5 Å². The van der Waals surface area contributed by atoms with Crippen LogP contribution in [0.3, 0.4) is 0 Å². The molecular weight excluding hydrogens is 368 g/mol. The van der Waals surface area contributed by atoms with Crippen LogP contribution in [0.25, 0.3) is 10.9 Å². The molecule has 3 aromatic rings. The van der Waals surface area contributed by atoms with E-state index in [0.717, 1.165) is 11.1 Å². The van der Waals surface area contributed by atoms with Crippen LogP contribution in [0, 0.1) is 6.92 Å². The Morgan fingerprint density at radius 2 is 1.93 bits per heavy atom. The lowest BCUT2D eigenvalue weighted by atomic mass is 10.0. The molecule has 2 heterocycles. The van der Waals surface area contributed by atoms with E-state index in [1.807, 2.05) is 44.2 Å². The fourth-order valence-corrected chi connectivity index (χ4v) is 3.74. The maximum atomic E-state index is 13.1. The molecule has 0 aliphatic carbocycles. The van der Waals surface area contributed by atoms with Gasteiger partial charge in [0, 0.05) is 25.7 Å². The molecule has 0 radical (unpaired) electrons. The van der Waals surface area contributed by atoms with Gasteiger partial charge in [0.25, 0.3) is 5.56 Å². The van der Waals surface area contributed by atoms with E-state index < -0.39 is 0 Å². The lowest BCUT2D eigenvalue weighted by molar-refractivity contribution is 0.121. The molecule has 4 rings (SSSR count). The molecule has 29 heavy (non-hydrogen) atoms. The zero-order valence-electron chi connectivity index (χ0n) is 17.0. The first kappa shape index (κ1) is 19.3. The zero-order valence-corrected chi connectivity index (χ0v) is 17.0. The van der Waals surface area contributed by atoms with Crippen LogP contribution < -0.4 is 20.9 Å². The third-order valence-electron chi connectivity index (χ3n) is 5.29. The SMILES string of the molecule is Cc1cc(C(C)Oc2ccccc2N)c2nc(N3CCOCC3)n(C)c(=O)c2c1. The second kappa shape index (κ2) is 7.75. The molecule has 0 saturated carbocycles. The summed E-state index contributed by atoms with van der Waals surface area (Å²) in [5, 5.41) is 0.594. The second-order valence-electron chi connectivity index (χ2n) is 7.42. The van der Waals surface area contributed by atoms with E-state index in [1.165, 1.54) is 0 Å². The Hall–Kier alpha value is -3.06. The van der Waals surface area contributed by atoms with E-state index in [0.29, 0.717) is 54.6 Å². The average molecular weight is 394 g/mol. The van der Waals surface area contributed by atoms with E-state index in [-0.39, 0.29) is 11.7 Å². The molecule has 1 aliphatic rings. The molecule has 0 amide bonds. The third kappa shape index (κ3) is 3.65. The Bertz CT molecular complexity index is 1100. The van der Waals surface area contributed by atoms with E-state index in [1.54, 1.807) is 17.7 Å². The van der Waals surface area contributed by atoms with Crippen molar-refractivity contribution in [3.8, 4) is 5.75 Å². The Kier molecular flexibility index (Phi) is 5.15. The number of fused-ring (bicyclic) bond motifs is 1. The van der Waals surface area contributed by atoms with Crippen molar-refractivity contribution in [2.24, 2.45) is 7.05 Å². The standard InChI is InChI=1S/C22H26N4O3/c1-14-12-16(15(2)29-19-7-5-4-6-18(19)23)20-17(13-14)21(27)25(3)22(24-20)26-8-10-28-11-9-26/h4-7,12-13,15H,8-11,23H2,1-3H3. The summed E-state index contributed by atoms with van der Waals surface area (Å²) in [6.45, 7) is 6.60. The van der Waals surface area contributed by atoms with Gasteiger partial charge in [-0.25, -0.2) is 4.98 Å². The number of nitrogen functional groups attached to an aromatic ring is 1. The largest absolute Gasteiger partial charge is 0.484 e. The number of hydrogen-bond donors (Lipinski definition) is 1. The van der Waals surface area contributed by atoms with Crippen LogP contribution >= 0.6 is 0 Å². The number of nitrogens with two attached hydrogens (primary N) is 1. The maximum Gasteiger partial charge on any atom is 0.262 e. The number of morpholine rings is 1. The van der Waals surface area contributed by atoms with E-state index in [9.17, 15) is 4.79 Å². The van der Waals surface area contributed by atoms with E-state index >= 15 is 0 Å². The number of benzene rings is 2. The Labute approximate surface area is 169 Å². The van der Waals surface area contributed by atoms with Gasteiger partial charge in [-0.2, -0.15) is 0 Å². The predicted molar refractivity (Wildman–Crippen MR) is 115 cm³/mol. The molecule has 2 N–H and O–H groups in total. The normalized spacial score (nSPS) is 15.5. The van der Waals surface area contributed by atoms with Crippen LogP contribution in [0.15, 0.2) is 41.2 Å². The Morgan fingerprint density at radius 3 is 2.66 bits per heavy atom. The lowest BCUT2D eigenvalue weighted by Crippen LogP contribution is -2.40. The van der Waals surface area contributed by atoms with Gasteiger partial charge in [-0.3, -0.25) is 9.36 Å². The molecule has 1 fully saturated rings. The van der Waals surface area contributed by atoms with Crippen molar-refractivity contribution in [2.45, 2.75) is 20.0 Å². The zero-order chi connectivity index (χ0) is 20.5. The summed E-state index contributed by atoms with van der Waals surface area (Å²) in [6.07, 6.45) is -0.320. The number of aromatic nitrogens is 2. The van der Waals surface area contributed by atoms with Gasteiger partial charge in [0.15, 0.2) is 0 Å². The van der Waals surface area contributed by atoms with E-state index in [4.69, 9.17) is 20.2 Å². The van der Waals surface area contributed by atoms with Gasteiger partial charge in [-0.05, 0) is 37.6 Å².